The number of benzene rings is 1. The molecule has 3 aromatic rings. The van der Waals surface area contributed by atoms with E-state index in [1.165, 1.54) is 7.11 Å². The molecule has 0 aliphatic carbocycles. The van der Waals surface area contributed by atoms with E-state index in [1.54, 1.807) is 12.1 Å². The molecule has 1 aromatic carbocycles. The van der Waals surface area contributed by atoms with Crippen molar-refractivity contribution < 1.29 is 20.1 Å². The summed E-state index contributed by atoms with van der Waals surface area (Å²) >= 11 is 0. The first-order valence-electron chi connectivity index (χ1n) is 8.35. The molecule has 0 aliphatic heterocycles. The van der Waals surface area contributed by atoms with Gasteiger partial charge in [0, 0.05) is 12.1 Å². The zero-order valence-electron chi connectivity index (χ0n) is 14.9. The molecule has 0 aliphatic rings. The fourth-order valence-electron chi connectivity index (χ4n) is 2.49. The lowest BCUT2D eigenvalue weighted by atomic mass is 10.1. The molecule has 1 atom stereocenters. The van der Waals surface area contributed by atoms with Crippen LogP contribution in [0.3, 0.4) is 0 Å². The van der Waals surface area contributed by atoms with Gasteiger partial charge in [-0.05, 0) is 18.6 Å². The van der Waals surface area contributed by atoms with Crippen molar-refractivity contribution in [3.63, 3.8) is 0 Å². The Morgan fingerprint density at radius 3 is 2.74 bits per heavy atom. The molecule has 2 heterocycles. The molecule has 2 aromatic heterocycles. The molecule has 0 spiro atoms. The minimum Gasteiger partial charge on any atom is -0.504 e. The fraction of sp³-hybridized carbons (Fsp3) is 0.375. The van der Waals surface area contributed by atoms with E-state index in [-0.39, 0.29) is 36.4 Å². The largest absolute Gasteiger partial charge is 0.504 e. The van der Waals surface area contributed by atoms with Crippen molar-refractivity contribution in [3.8, 4) is 17.2 Å². The van der Waals surface area contributed by atoms with E-state index in [2.05, 4.69) is 36.0 Å². The predicted octanol–water partition coefficient (Wildman–Crippen LogP) is 0.963. The van der Waals surface area contributed by atoms with Gasteiger partial charge in [-0.25, -0.2) is 5.10 Å². The van der Waals surface area contributed by atoms with Crippen molar-refractivity contribution >= 4 is 22.9 Å². The molecule has 0 radical (unpaired) electrons. The number of phenolic OH excluding ortho intramolecular Hbond substituents is 2. The highest BCUT2D eigenvalue weighted by atomic mass is 16.5. The summed E-state index contributed by atoms with van der Waals surface area (Å²) in [6.45, 7) is 2.04. The van der Waals surface area contributed by atoms with Crippen LogP contribution in [0.15, 0.2) is 12.1 Å². The number of fused-ring (bicyclic) bond motifs is 1. The molecule has 11 heteroatoms. The number of phenols is 2. The molecular weight excluding hydrogens is 354 g/mol. The number of aliphatic hydroxyl groups excluding tert-OH is 1. The highest BCUT2D eigenvalue weighted by Crippen LogP contribution is 2.38. The number of nitrogens with zero attached hydrogens (tertiary/aromatic N) is 4. The van der Waals surface area contributed by atoms with Crippen LogP contribution < -0.4 is 15.4 Å². The summed E-state index contributed by atoms with van der Waals surface area (Å²) in [7, 11) is 1.40. The van der Waals surface area contributed by atoms with Crippen molar-refractivity contribution in [2.75, 3.05) is 24.4 Å². The van der Waals surface area contributed by atoms with Gasteiger partial charge < -0.3 is 30.7 Å². The Kier molecular flexibility index (Phi) is 5.41. The Hall–Kier alpha value is -3.34. The van der Waals surface area contributed by atoms with Crippen LogP contribution in [0.5, 0.6) is 17.2 Å². The number of rotatable bonds is 8. The van der Waals surface area contributed by atoms with E-state index in [9.17, 15) is 15.3 Å². The summed E-state index contributed by atoms with van der Waals surface area (Å²) in [4.78, 5) is 8.66. The van der Waals surface area contributed by atoms with Gasteiger partial charge in [0.15, 0.2) is 28.5 Å². The number of anilines is 2. The van der Waals surface area contributed by atoms with Gasteiger partial charge in [0.25, 0.3) is 0 Å². The van der Waals surface area contributed by atoms with Crippen LogP contribution in [0.25, 0.3) is 11.2 Å². The first kappa shape index (κ1) is 18.5. The number of H-pyrrole nitrogens is 1. The van der Waals surface area contributed by atoms with Gasteiger partial charge in [0.2, 0.25) is 11.7 Å². The highest BCUT2D eigenvalue weighted by Gasteiger charge is 2.16. The summed E-state index contributed by atoms with van der Waals surface area (Å²) in [5.74, 6) is 0.259. The number of hydrogen-bond donors (Lipinski definition) is 6. The molecular formula is C16H21N7O4. The topological polar surface area (TPSA) is 161 Å². The highest BCUT2D eigenvalue weighted by molar-refractivity contribution is 5.83. The summed E-state index contributed by atoms with van der Waals surface area (Å²) in [6, 6.07) is 2.99. The second kappa shape index (κ2) is 7.91. The molecule has 0 saturated heterocycles. The average molecular weight is 375 g/mol. The fourth-order valence-corrected chi connectivity index (χ4v) is 2.49. The van der Waals surface area contributed by atoms with Crippen LogP contribution in [0, 0.1) is 0 Å². The van der Waals surface area contributed by atoms with Crippen LogP contribution in [-0.4, -0.2) is 60.5 Å². The minimum absolute atomic E-state index is 0.0547. The third-order valence-corrected chi connectivity index (χ3v) is 4.10. The zero-order chi connectivity index (χ0) is 19.4. The molecule has 144 valence electrons. The van der Waals surface area contributed by atoms with Crippen LogP contribution in [-0.2, 0) is 6.54 Å². The summed E-state index contributed by atoms with van der Waals surface area (Å²) in [6.07, 6.45) is 0.695. The number of aromatic amines is 1. The molecule has 1 unspecified atom stereocenters. The van der Waals surface area contributed by atoms with Gasteiger partial charge >= 0.3 is 0 Å². The van der Waals surface area contributed by atoms with Gasteiger partial charge in [-0.3, -0.25) is 0 Å². The van der Waals surface area contributed by atoms with Gasteiger partial charge in [-0.2, -0.15) is 9.97 Å². The Morgan fingerprint density at radius 2 is 2.04 bits per heavy atom. The Balaban J connectivity index is 1.86. The van der Waals surface area contributed by atoms with Crippen molar-refractivity contribution in [1.82, 2.24) is 25.4 Å². The van der Waals surface area contributed by atoms with Gasteiger partial charge in [-0.15, -0.1) is 5.10 Å². The van der Waals surface area contributed by atoms with Gasteiger partial charge in [0.05, 0.1) is 19.8 Å². The lowest BCUT2D eigenvalue weighted by molar-refractivity contribution is 0.271. The maximum absolute atomic E-state index is 10.1. The zero-order valence-corrected chi connectivity index (χ0v) is 14.9. The number of hydrogen-bond acceptors (Lipinski definition) is 10. The van der Waals surface area contributed by atoms with Crippen molar-refractivity contribution in [3.05, 3.63) is 17.7 Å². The lowest BCUT2D eigenvalue weighted by Gasteiger charge is -2.15. The number of aromatic hydroxyl groups is 2. The quantitative estimate of drug-likeness (QED) is 0.313. The Bertz CT molecular complexity index is 927. The molecule has 27 heavy (non-hydrogen) atoms. The van der Waals surface area contributed by atoms with Crippen molar-refractivity contribution in [2.45, 2.75) is 25.9 Å². The minimum atomic E-state index is -0.331. The molecule has 0 saturated carbocycles. The monoisotopic (exact) mass is 375 g/mol. The van der Waals surface area contributed by atoms with Gasteiger partial charge in [0.1, 0.15) is 0 Å². The standard InChI is InChI=1S/C16H21N7O4/c1-3-9(7-24)18-16-19-14(11-15(20-16)22-23-21-11)17-6-8-4-5-10(27-2)13(26)12(8)25/h4-5,9,24-26H,3,6-7H2,1-2H3,(H3,17,18,19,20,21,22,23). The molecule has 0 amide bonds. The SMILES string of the molecule is CCC(CO)Nc1nc(NCc2ccc(OC)c(O)c2O)c2nn[nH]c2n1. The first-order chi connectivity index (χ1) is 13.1. The van der Waals surface area contributed by atoms with Crippen LogP contribution in [0.4, 0.5) is 11.8 Å². The van der Waals surface area contributed by atoms with Crippen molar-refractivity contribution in [2.24, 2.45) is 0 Å². The first-order valence-corrected chi connectivity index (χ1v) is 8.35. The average Bonchev–Trinajstić information content (AvgIpc) is 3.15. The number of aliphatic hydroxyl groups is 1. The summed E-state index contributed by atoms with van der Waals surface area (Å²) in [5.41, 5.74) is 1.29. The van der Waals surface area contributed by atoms with E-state index in [0.29, 0.717) is 34.9 Å². The van der Waals surface area contributed by atoms with E-state index in [4.69, 9.17) is 4.74 Å². The normalized spacial score (nSPS) is 12.1. The maximum Gasteiger partial charge on any atom is 0.227 e. The Labute approximate surface area is 154 Å². The second-order valence-electron chi connectivity index (χ2n) is 5.81. The number of aromatic nitrogens is 5. The van der Waals surface area contributed by atoms with Gasteiger partial charge in [-0.1, -0.05) is 12.1 Å². The lowest BCUT2D eigenvalue weighted by Crippen LogP contribution is -2.24. The van der Waals surface area contributed by atoms with E-state index in [0.717, 1.165) is 0 Å². The number of nitrogens with one attached hydrogen (secondary N) is 3. The molecule has 3 rings (SSSR count). The smallest absolute Gasteiger partial charge is 0.227 e. The van der Waals surface area contributed by atoms with E-state index >= 15 is 0 Å². The Morgan fingerprint density at radius 1 is 1.22 bits per heavy atom. The third kappa shape index (κ3) is 3.77. The molecule has 6 N–H and O–H groups in total. The predicted molar refractivity (Wildman–Crippen MR) is 97.9 cm³/mol. The van der Waals surface area contributed by atoms with Crippen LogP contribution >= 0.6 is 0 Å². The van der Waals surface area contributed by atoms with Crippen LogP contribution in [0.1, 0.15) is 18.9 Å². The summed E-state index contributed by atoms with van der Waals surface area (Å²) in [5, 5.41) is 45.9. The number of methoxy groups -OCH3 is 1. The van der Waals surface area contributed by atoms with E-state index in [1.807, 2.05) is 6.92 Å². The number of ether oxygens (including phenoxy) is 1. The summed E-state index contributed by atoms with van der Waals surface area (Å²) < 4.78 is 4.96. The maximum atomic E-state index is 10.1. The van der Waals surface area contributed by atoms with Crippen molar-refractivity contribution in [1.29, 1.82) is 0 Å². The third-order valence-electron chi connectivity index (χ3n) is 4.10. The molecule has 0 bridgehead atoms. The second-order valence-corrected chi connectivity index (χ2v) is 5.81. The van der Waals surface area contributed by atoms with E-state index < -0.39 is 0 Å². The molecule has 0 fully saturated rings. The van der Waals surface area contributed by atoms with Crippen LogP contribution in [0.2, 0.25) is 0 Å². The molecule has 11 nitrogen and oxygen atoms in total.